The van der Waals surface area contributed by atoms with Crippen LogP contribution in [0.3, 0.4) is 0 Å². The highest BCUT2D eigenvalue weighted by atomic mass is 19.1. The molecular weight excluding hydrogens is 526 g/mol. The van der Waals surface area contributed by atoms with Crippen molar-refractivity contribution < 1.29 is 13.6 Å². The number of pyridine rings is 2. The molecule has 2 fully saturated rings. The Kier molecular flexibility index (Phi) is 6.97. The number of hydrogen-bond acceptors (Lipinski definition) is 5. The second-order valence-electron chi connectivity index (χ2n) is 10.6. The standard InChI is InChI=1S/C31H28F2N6O2/c1-34-27-14-13-24-29(36-27)25(17-28(40)37(24)2)39-16-15-38(18-26(39)31(41)35-23-11-12-23)30(19-3-7-21(32)8-4-19)20-5-9-22(33)10-6-20/h3-10,13-14,17,23,26,30H,11-12,15-16,18H2,2H3,(H,35,41). The van der Waals surface area contributed by atoms with Crippen LogP contribution in [-0.2, 0) is 11.8 Å². The molecule has 8 nitrogen and oxygen atoms in total. The van der Waals surface area contributed by atoms with E-state index >= 15 is 0 Å². The van der Waals surface area contributed by atoms with Crippen molar-refractivity contribution in [2.75, 3.05) is 24.5 Å². The van der Waals surface area contributed by atoms with Crippen molar-refractivity contribution in [3.05, 3.63) is 111 Å². The summed E-state index contributed by atoms with van der Waals surface area (Å²) in [5, 5.41) is 3.12. The molecule has 10 heteroatoms. The Morgan fingerprint density at radius 2 is 1.63 bits per heavy atom. The Balaban J connectivity index is 1.43. The third-order valence-corrected chi connectivity index (χ3v) is 7.85. The minimum Gasteiger partial charge on any atom is -0.361 e. The zero-order valence-electron chi connectivity index (χ0n) is 22.4. The van der Waals surface area contributed by atoms with Crippen molar-refractivity contribution in [2.24, 2.45) is 7.05 Å². The van der Waals surface area contributed by atoms with Gasteiger partial charge in [0.25, 0.3) is 11.4 Å². The maximum Gasteiger partial charge on any atom is 0.270 e. The van der Waals surface area contributed by atoms with E-state index in [2.05, 4.69) is 20.0 Å². The van der Waals surface area contributed by atoms with Gasteiger partial charge < -0.3 is 19.6 Å². The molecule has 1 saturated heterocycles. The third-order valence-electron chi connectivity index (χ3n) is 7.85. The molecule has 1 aliphatic carbocycles. The van der Waals surface area contributed by atoms with Crippen LogP contribution in [0.15, 0.2) is 71.5 Å². The summed E-state index contributed by atoms with van der Waals surface area (Å²) in [6.45, 7) is 8.61. The maximum atomic E-state index is 13.9. The first-order valence-corrected chi connectivity index (χ1v) is 13.5. The number of halogens is 2. The number of nitrogens with zero attached hydrogens (tertiary/aromatic N) is 5. The van der Waals surface area contributed by atoms with Gasteiger partial charge >= 0.3 is 0 Å². The Bertz CT molecular complexity index is 1670. The molecule has 1 aliphatic heterocycles. The topological polar surface area (TPSA) is 74.8 Å². The van der Waals surface area contributed by atoms with Gasteiger partial charge in [0.15, 0.2) is 0 Å². The number of anilines is 1. The number of carbonyl (C=O) groups excluding carboxylic acids is 1. The summed E-state index contributed by atoms with van der Waals surface area (Å²) in [7, 11) is 1.65. The number of hydrogen-bond donors (Lipinski definition) is 1. The van der Waals surface area contributed by atoms with Gasteiger partial charge in [-0.1, -0.05) is 30.8 Å². The molecule has 6 rings (SSSR count). The van der Waals surface area contributed by atoms with E-state index in [1.54, 1.807) is 43.4 Å². The molecule has 41 heavy (non-hydrogen) atoms. The zero-order valence-corrected chi connectivity index (χ0v) is 22.4. The third kappa shape index (κ3) is 5.28. The quantitative estimate of drug-likeness (QED) is 0.360. The second kappa shape index (κ2) is 10.7. The average molecular weight is 555 g/mol. The summed E-state index contributed by atoms with van der Waals surface area (Å²) in [6.07, 6.45) is 1.83. The van der Waals surface area contributed by atoms with Crippen molar-refractivity contribution in [3.8, 4) is 0 Å². The van der Waals surface area contributed by atoms with Crippen molar-refractivity contribution in [1.82, 2.24) is 19.8 Å². The molecule has 208 valence electrons. The number of piperazine rings is 1. The summed E-state index contributed by atoms with van der Waals surface area (Å²) in [5.41, 5.74) is 2.94. The number of aryl methyl sites for hydroxylation is 1. The molecule has 1 unspecified atom stereocenters. The van der Waals surface area contributed by atoms with Gasteiger partial charge in [0, 0.05) is 38.8 Å². The fraction of sp³-hybridized carbons (Fsp3) is 0.290. The van der Waals surface area contributed by atoms with Crippen LogP contribution >= 0.6 is 0 Å². The molecular formula is C31H28F2N6O2. The van der Waals surface area contributed by atoms with Crippen LogP contribution in [0.5, 0.6) is 0 Å². The fourth-order valence-corrected chi connectivity index (χ4v) is 5.56. The summed E-state index contributed by atoms with van der Waals surface area (Å²) in [5.74, 6) is -0.684. The molecule has 1 N–H and O–H groups in total. The molecule has 2 aromatic carbocycles. The minimum atomic E-state index is -0.679. The first-order valence-electron chi connectivity index (χ1n) is 13.5. The van der Waals surface area contributed by atoms with E-state index < -0.39 is 6.04 Å². The Labute approximate surface area is 235 Å². The molecule has 0 bridgehead atoms. The van der Waals surface area contributed by atoms with E-state index in [1.807, 2.05) is 4.90 Å². The number of nitrogens with one attached hydrogen (secondary N) is 1. The summed E-state index contributed by atoms with van der Waals surface area (Å²) in [4.78, 5) is 38.8. The van der Waals surface area contributed by atoms with E-state index in [4.69, 9.17) is 6.57 Å². The van der Waals surface area contributed by atoms with Gasteiger partial charge in [-0.2, -0.15) is 0 Å². The Morgan fingerprint density at radius 3 is 2.22 bits per heavy atom. The molecule has 4 aromatic rings. The second-order valence-corrected chi connectivity index (χ2v) is 10.6. The monoisotopic (exact) mass is 554 g/mol. The van der Waals surface area contributed by atoms with Gasteiger partial charge in [-0.05, 0) is 60.4 Å². The number of amides is 1. The van der Waals surface area contributed by atoms with Crippen LogP contribution in [0.2, 0.25) is 0 Å². The van der Waals surface area contributed by atoms with Crippen molar-refractivity contribution in [2.45, 2.75) is 31.0 Å². The molecule has 1 amide bonds. The Morgan fingerprint density at radius 1 is 1.00 bits per heavy atom. The van der Waals surface area contributed by atoms with Gasteiger partial charge in [0.05, 0.1) is 17.2 Å². The van der Waals surface area contributed by atoms with Crippen LogP contribution in [0.25, 0.3) is 15.9 Å². The highest BCUT2D eigenvalue weighted by Crippen LogP contribution is 2.35. The summed E-state index contributed by atoms with van der Waals surface area (Å²) >= 11 is 0. The predicted molar refractivity (Wildman–Crippen MR) is 152 cm³/mol. The lowest BCUT2D eigenvalue weighted by Gasteiger charge is -2.45. The van der Waals surface area contributed by atoms with Gasteiger partial charge in [0.1, 0.15) is 17.7 Å². The number of carbonyl (C=O) groups is 1. The molecule has 0 radical (unpaired) electrons. The zero-order chi connectivity index (χ0) is 28.7. The molecule has 3 heterocycles. The van der Waals surface area contributed by atoms with Crippen molar-refractivity contribution in [1.29, 1.82) is 0 Å². The SMILES string of the molecule is [C-]#[N+]c1ccc2c(n1)c(N1CCN(C(c3ccc(F)cc3)c3ccc(F)cc3)CC1C(=O)NC1CC1)cc(=O)n2C. The van der Waals surface area contributed by atoms with E-state index in [-0.39, 0.29) is 47.5 Å². The van der Waals surface area contributed by atoms with Crippen molar-refractivity contribution in [3.63, 3.8) is 0 Å². The minimum absolute atomic E-state index is 0.122. The molecule has 1 saturated carbocycles. The lowest BCUT2D eigenvalue weighted by molar-refractivity contribution is -0.123. The first-order chi connectivity index (χ1) is 19.8. The summed E-state index contributed by atoms with van der Waals surface area (Å²) in [6, 6.07) is 16.2. The largest absolute Gasteiger partial charge is 0.361 e. The molecule has 1 atom stereocenters. The number of benzene rings is 2. The molecule has 0 spiro atoms. The highest BCUT2D eigenvalue weighted by Gasteiger charge is 2.39. The first kappa shape index (κ1) is 26.6. The highest BCUT2D eigenvalue weighted by molar-refractivity contribution is 5.93. The lowest BCUT2D eigenvalue weighted by atomic mass is 9.95. The van der Waals surface area contributed by atoms with E-state index in [9.17, 15) is 18.4 Å². The van der Waals surface area contributed by atoms with E-state index in [0.717, 1.165) is 24.0 Å². The predicted octanol–water partition coefficient (Wildman–Crippen LogP) is 4.32. The number of fused-ring (bicyclic) bond motifs is 1. The van der Waals surface area contributed by atoms with Crippen LogP contribution in [0, 0.1) is 18.2 Å². The van der Waals surface area contributed by atoms with Gasteiger partial charge in [-0.3, -0.25) is 14.5 Å². The van der Waals surface area contributed by atoms with Crippen LogP contribution < -0.4 is 15.8 Å². The number of aromatic nitrogens is 2. The smallest absolute Gasteiger partial charge is 0.270 e. The summed E-state index contributed by atoms with van der Waals surface area (Å²) < 4.78 is 29.2. The van der Waals surface area contributed by atoms with E-state index in [1.165, 1.54) is 34.9 Å². The number of rotatable bonds is 6. The van der Waals surface area contributed by atoms with Crippen LogP contribution in [0.4, 0.5) is 20.3 Å². The van der Waals surface area contributed by atoms with Gasteiger partial charge in [-0.25, -0.2) is 8.78 Å². The van der Waals surface area contributed by atoms with Crippen LogP contribution in [-0.4, -0.2) is 52.1 Å². The van der Waals surface area contributed by atoms with Gasteiger partial charge in [0.2, 0.25) is 11.4 Å². The lowest BCUT2D eigenvalue weighted by Crippen LogP contribution is -2.60. The van der Waals surface area contributed by atoms with Crippen molar-refractivity contribution >= 4 is 28.4 Å². The normalized spacial score (nSPS) is 17.5. The fourth-order valence-electron chi connectivity index (χ4n) is 5.56. The van der Waals surface area contributed by atoms with Gasteiger partial charge in [-0.15, -0.1) is 4.98 Å². The molecule has 2 aliphatic rings. The maximum absolute atomic E-state index is 13.9. The Hall–Kier alpha value is -4.62. The average Bonchev–Trinajstić information content (AvgIpc) is 3.81. The molecule has 2 aromatic heterocycles. The van der Waals surface area contributed by atoms with E-state index in [0.29, 0.717) is 29.8 Å². The van der Waals surface area contributed by atoms with Crippen LogP contribution in [0.1, 0.15) is 30.0 Å².